The summed E-state index contributed by atoms with van der Waals surface area (Å²) in [6, 6.07) is 1.02. The van der Waals surface area contributed by atoms with Crippen LogP contribution in [0.2, 0.25) is 0 Å². The van der Waals surface area contributed by atoms with E-state index >= 15 is 0 Å². The summed E-state index contributed by atoms with van der Waals surface area (Å²) in [4.78, 5) is 31.9. The summed E-state index contributed by atoms with van der Waals surface area (Å²) in [7, 11) is 1.15. The van der Waals surface area contributed by atoms with Crippen LogP contribution >= 0.6 is 0 Å². The SMILES string of the molecule is CCOC(=O)C([O-])=Cc1c([N+](=O)[O-])cc(C)c(OC)c1[N+](=O)[O-].[K+]. The van der Waals surface area contributed by atoms with Crippen LogP contribution in [0.5, 0.6) is 5.75 Å². The molecular weight excluding hydrogens is 351 g/mol. The predicted molar refractivity (Wildman–Crippen MR) is 75.6 cm³/mol. The van der Waals surface area contributed by atoms with Gasteiger partial charge in [0.1, 0.15) is 5.56 Å². The first-order valence-corrected chi connectivity index (χ1v) is 6.30. The van der Waals surface area contributed by atoms with Crippen LogP contribution in [-0.4, -0.2) is 29.5 Å². The van der Waals surface area contributed by atoms with Gasteiger partial charge in [0.05, 0.1) is 23.6 Å². The fourth-order valence-corrected chi connectivity index (χ4v) is 1.90. The van der Waals surface area contributed by atoms with E-state index in [0.29, 0.717) is 6.08 Å². The van der Waals surface area contributed by atoms with Crippen molar-refractivity contribution in [2.75, 3.05) is 13.7 Å². The van der Waals surface area contributed by atoms with Crippen LogP contribution in [0.1, 0.15) is 18.1 Å². The molecule has 0 spiro atoms. The Hall–Kier alpha value is -1.53. The summed E-state index contributed by atoms with van der Waals surface area (Å²) in [6.07, 6.45) is 0.510. The van der Waals surface area contributed by atoms with Gasteiger partial charge in [-0.15, -0.1) is 0 Å². The molecule has 0 saturated heterocycles. The molecule has 0 atom stereocenters. The molecule has 10 nitrogen and oxygen atoms in total. The molecule has 0 heterocycles. The van der Waals surface area contributed by atoms with Gasteiger partial charge in [0, 0.05) is 11.6 Å². The third-order valence-electron chi connectivity index (χ3n) is 2.79. The molecule has 1 aromatic rings. The van der Waals surface area contributed by atoms with Crippen molar-refractivity contribution >= 4 is 23.4 Å². The first-order chi connectivity index (χ1) is 10.7. The number of carbonyl (C=O) groups is 1. The zero-order valence-corrected chi connectivity index (χ0v) is 16.6. The van der Waals surface area contributed by atoms with Gasteiger partial charge in [-0.2, -0.15) is 0 Å². The topological polar surface area (TPSA) is 145 Å². The number of hydrogen-bond acceptors (Lipinski definition) is 8. The number of carbonyl (C=O) groups excluding carboxylic acids is 1. The van der Waals surface area contributed by atoms with Crippen molar-refractivity contribution in [1.82, 2.24) is 0 Å². The number of nitrogens with zero attached hydrogens (tertiary/aromatic N) is 2. The van der Waals surface area contributed by atoms with Crippen molar-refractivity contribution in [2.45, 2.75) is 13.8 Å². The standard InChI is InChI=1S/C13H14N2O8.K/c1-4-23-13(17)10(16)6-8-9(14(18)19)5-7(2)12(22-3)11(8)15(20)21;/h5-6,16H,4H2,1-3H3;/q;+1/p-1. The van der Waals surface area contributed by atoms with Gasteiger partial charge in [-0.25, -0.2) is 4.79 Å². The van der Waals surface area contributed by atoms with Gasteiger partial charge < -0.3 is 14.6 Å². The van der Waals surface area contributed by atoms with E-state index in [4.69, 9.17) is 4.74 Å². The Labute approximate surface area is 179 Å². The van der Waals surface area contributed by atoms with Gasteiger partial charge in [0.15, 0.2) is 0 Å². The monoisotopic (exact) mass is 364 g/mol. The zero-order valence-electron chi connectivity index (χ0n) is 13.5. The van der Waals surface area contributed by atoms with Crippen LogP contribution < -0.4 is 61.2 Å². The molecular formula is C13H13KN2O8. The second-order valence-electron chi connectivity index (χ2n) is 4.25. The number of ether oxygens (including phenoxy) is 2. The maximum absolute atomic E-state index is 11.7. The Balaban J connectivity index is 0.00000529. The fraction of sp³-hybridized carbons (Fsp3) is 0.308. The maximum atomic E-state index is 11.7. The van der Waals surface area contributed by atoms with Gasteiger partial charge >= 0.3 is 63.0 Å². The van der Waals surface area contributed by atoms with Crippen LogP contribution in [0.15, 0.2) is 11.8 Å². The number of aryl methyl sites for hydroxylation is 1. The van der Waals surface area contributed by atoms with Gasteiger partial charge in [-0.3, -0.25) is 20.2 Å². The third-order valence-corrected chi connectivity index (χ3v) is 2.79. The van der Waals surface area contributed by atoms with Crippen LogP contribution in [0, 0.1) is 27.2 Å². The molecule has 0 bridgehead atoms. The van der Waals surface area contributed by atoms with E-state index in [1.807, 2.05) is 0 Å². The summed E-state index contributed by atoms with van der Waals surface area (Å²) in [6.45, 7) is 2.76. The zero-order chi connectivity index (χ0) is 17.7. The number of esters is 1. The molecule has 0 aliphatic rings. The minimum absolute atomic E-state index is 0. The Morgan fingerprint density at radius 1 is 1.29 bits per heavy atom. The summed E-state index contributed by atoms with van der Waals surface area (Å²) >= 11 is 0. The van der Waals surface area contributed by atoms with E-state index in [9.17, 15) is 30.1 Å². The number of hydrogen-bond donors (Lipinski definition) is 0. The first-order valence-electron chi connectivity index (χ1n) is 6.30. The van der Waals surface area contributed by atoms with Crippen molar-refractivity contribution in [3.63, 3.8) is 0 Å². The van der Waals surface area contributed by atoms with Crippen molar-refractivity contribution in [3.05, 3.63) is 43.2 Å². The van der Waals surface area contributed by atoms with E-state index in [1.165, 1.54) is 13.8 Å². The molecule has 0 unspecified atom stereocenters. The largest absolute Gasteiger partial charge is 1.00 e. The molecule has 1 rings (SSSR count). The Bertz CT molecular complexity index is 702. The predicted octanol–water partition coefficient (Wildman–Crippen LogP) is -1.91. The quantitative estimate of drug-likeness (QED) is 0.142. The number of rotatable bonds is 6. The fourth-order valence-electron chi connectivity index (χ4n) is 1.90. The molecule has 11 heteroatoms. The number of benzene rings is 1. The van der Waals surface area contributed by atoms with Crippen molar-refractivity contribution < 1.29 is 80.6 Å². The first kappa shape index (κ1) is 22.5. The molecule has 0 aliphatic carbocycles. The number of nitro groups is 2. The number of nitro benzene ring substituents is 2. The molecule has 0 saturated carbocycles. The summed E-state index contributed by atoms with van der Waals surface area (Å²) in [5.74, 6) is -2.75. The molecule has 24 heavy (non-hydrogen) atoms. The molecule has 124 valence electrons. The van der Waals surface area contributed by atoms with Crippen LogP contribution in [0.3, 0.4) is 0 Å². The van der Waals surface area contributed by atoms with Crippen LogP contribution in [-0.2, 0) is 9.53 Å². The van der Waals surface area contributed by atoms with Crippen molar-refractivity contribution in [1.29, 1.82) is 0 Å². The van der Waals surface area contributed by atoms with Gasteiger partial charge in [-0.05, 0) is 25.7 Å². The average Bonchev–Trinajstić information content (AvgIpc) is 2.47. The van der Waals surface area contributed by atoms with Crippen molar-refractivity contribution in [3.8, 4) is 5.75 Å². The van der Waals surface area contributed by atoms with Crippen molar-refractivity contribution in [2.24, 2.45) is 0 Å². The summed E-state index contributed by atoms with van der Waals surface area (Å²) < 4.78 is 9.36. The summed E-state index contributed by atoms with van der Waals surface area (Å²) in [5.41, 5.74) is -1.93. The Morgan fingerprint density at radius 3 is 2.29 bits per heavy atom. The molecule has 0 aliphatic heterocycles. The second kappa shape index (κ2) is 9.69. The molecule has 0 N–H and O–H groups in total. The Morgan fingerprint density at radius 2 is 1.88 bits per heavy atom. The van der Waals surface area contributed by atoms with E-state index < -0.39 is 38.5 Å². The van der Waals surface area contributed by atoms with Crippen LogP contribution in [0.4, 0.5) is 11.4 Å². The second-order valence-corrected chi connectivity index (χ2v) is 4.25. The summed E-state index contributed by atoms with van der Waals surface area (Å²) in [5, 5.41) is 34.1. The van der Waals surface area contributed by atoms with Crippen LogP contribution in [0.25, 0.3) is 6.08 Å². The Kier molecular flexibility index (Phi) is 9.07. The third kappa shape index (κ3) is 4.98. The normalized spacial score (nSPS) is 10.5. The smallest absolute Gasteiger partial charge is 0.868 e. The minimum atomic E-state index is -1.27. The number of methoxy groups -OCH3 is 1. The molecule has 0 amide bonds. The van der Waals surface area contributed by atoms with E-state index in [2.05, 4.69) is 4.74 Å². The van der Waals surface area contributed by atoms with E-state index in [-0.39, 0.29) is 69.3 Å². The molecule has 0 radical (unpaired) electrons. The van der Waals surface area contributed by atoms with Gasteiger partial charge in [0.2, 0.25) is 5.75 Å². The van der Waals surface area contributed by atoms with Gasteiger partial charge in [0.25, 0.3) is 5.69 Å². The van der Waals surface area contributed by atoms with Gasteiger partial charge in [-0.1, -0.05) is 0 Å². The average molecular weight is 364 g/mol. The maximum Gasteiger partial charge on any atom is 1.00 e. The molecule has 0 aromatic heterocycles. The molecule has 0 fully saturated rings. The van der Waals surface area contributed by atoms with E-state index in [1.54, 1.807) is 0 Å². The molecule has 1 aromatic carbocycles. The van der Waals surface area contributed by atoms with E-state index in [0.717, 1.165) is 13.2 Å². The minimum Gasteiger partial charge on any atom is -0.868 e.